The first-order valence-corrected chi connectivity index (χ1v) is 8.92. The number of oxazole rings is 1. The van der Waals surface area contributed by atoms with E-state index in [1.54, 1.807) is 24.3 Å². The molecule has 0 unspecified atom stereocenters. The highest BCUT2D eigenvalue weighted by molar-refractivity contribution is 5.93. The van der Waals surface area contributed by atoms with E-state index < -0.39 is 5.63 Å². The van der Waals surface area contributed by atoms with Gasteiger partial charge in [0, 0.05) is 40.8 Å². The van der Waals surface area contributed by atoms with Gasteiger partial charge in [0.2, 0.25) is 5.89 Å². The third kappa shape index (κ3) is 3.46. The molecule has 0 aliphatic heterocycles. The first kappa shape index (κ1) is 17.8. The second-order valence-corrected chi connectivity index (χ2v) is 6.46. The Kier molecular flexibility index (Phi) is 4.57. The standard InChI is InChI=1S/C21H18N2O5/c1-2-4-19(24)26-11-13-8-20(25)27-17-10-18-16(9-15(13)17)23-21(28-18)12-5-3-6-14(22)7-12/h3,5-10H,2,4,11,22H2,1H3. The fraction of sp³-hybridized carbons (Fsp3) is 0.190. The first-order chi connectivity index (χ1) is 13.5. The van der Waals surface area contributed by atoms with Crippen molar-refractivity contribution in [1.82, 2.24) is 4.98 Å². The second-order valence-electron chi connectivity index (χ2n) is 6.46. The minimum absolute atomic E-state index is 0.00757. The number of hydrogen-bond donors (Lipinski definition) is 1. The number of rotatable bonds is 5. The summed E-state index contributed by atoms with van der Waals surface area (Å²) in [5.74, 6) is 0.103. The number of nitrogen functional groups attached to an aromatic ring is 1. The van der Waals surface area contributed by atoms with Gasteiger partial charge in [0.1, 0.15) is 17.7 Å². The molecule has 0 saturated heterocycles. The molecule has 0 radical (unpaired) electrons. The van der Waals surface area contributed by atoms with Crippen LogP contribution in [0.2, 0.25) is 0 Å². The van der Waals surface area contributed by atoms with E-state index in [9.17, 15) is 9.59 Å². The highest BCUT2D eigenvalue weighted by atomic mass is 16.5. The summed E-state index contributed by atoms with van der Waals surface area (Å²) >= 11 is 0. The van der Waals surface area contributed by atoms with Crippen LogP contribution in [0.4, 0.5) is 5.69 Å². The molecule has 0 aliphatic carbocycles. The molecule has 0 fully saturated rings. The zero-order valence-electron chi connectivity index (χ0n) is 15.2. The molecule has 7 heteroatoms. The third-order valence-electron chi connectivity index (χ3n) is 4.31. The van der Waals surface area contributed by atoms with Gasteiger partial charge in [0.05, 0.1) is 0 Å². The Morgan fingerprint density at radius 1 is 1.14 bits per heavy atom. The molecule has 142 valence electrons. The van der Waals surface area contributed by atoms with E-state index in [4.69, 9.17) is 19.3 Å². The molecule has 2 aromatic heterocycles. The van der Waals surface area contributed by atoms with Crippen LogP contribution in [0.1, 0.15) is 25.3 Å². The van der Waals surface area contributed by atoms with E-state index in [1.807, 2.05) is 19.1 Å². The molecular weight excluding hydrogens is 360 g/mol. The number of aromatic nitrogens is 1. The summed E-state index contributed by atoms with van der Waals surface area (Å²) in [5.41, 5.74) is 8.63. The van der Waals surface area contributed by atoms with E-state index >= 15 is 0 Å². The van der Waals surface area contributed by atoms with E-state index in [1.165, 1.54) is 6.07 Å². The Bertz CT molecular complexity index is 1240. The molecule has 0 amide bonds. The second kappa shape index (κ2) is 7.19. The number of carbonyl (C=O) groups excluding carboxylic acids is 1. The van der Waals surface area contributed by atoms with Crippen molar-refractivity contribution >= 4 is 33.7 Å². The predicted molar refractivity (Wildman–Crippen MR) is 105 cm³/mol. The average Bonchev–Trinajstić information content (AvgIpc) is 3.07. The fourth-order valence-electron chi connectivity index (χ4n) is 3.00. The summed E-state index contributed by atoms with van der Waals surface area (Å²) < 4.78 is 16.4. The summed E-state index contributed by atoms with van der Waals surface area (Å²) in [7, 11) is 0. The lowest BCUT2D eigenvalue weighted by molar-refractivity contribution is -0.144. The van der Waals surface area contributed by atoms with Gasteiger partial charge in [0.15, 0.2) is 5.58 Å². The molecule has 2 heterocycles. The van der Waals surface area contributed by atoms with Gasteiger partial charge in [-0.1, -0.05) is 13.0 Å². The largest absolute Gasteiger partial charge is 0.461 e. The van der Waals surface area contributed by atoms with Crippen molar-refractivity contribution in [2.75, 3.05) is 5.73 Å². The monoisotopic (exact) mass is 378 g/mol. The van der Waals surface area contributed by atoms with Crippen LogP contribution in [0.5, 0.6) is 0 Å². The first-order valence-electron chi connectivity index (χ1n) is 8.92. The number of ether oxygens (including phenoxy) is 1. The van der Waals surface area contributed by atoms with Crippen molar-refractivity contribution in [3.05, 3.63) is 58.4 Å². The van der Waals surface area contributed by atoms with Crippen LogP contribution in [0.15, 0.2) is 56.1 Å². The zero-order chi connectivity index (χ0) is 19.7. The number of nitrogens with two attached hydrogens (primary N) is 1. The van der Waals surface area contributed by atoms with Crippen molar-refractivity contribution in [1.29, 1.82) is 0 Å². The molecule has 0 spiro atoms. The van der Waals surface area contributed by atoms with Crippen LogP contribution in [0.25, 0.3) is 33.5 Å². The minimum atomic E-state index is -0.524. The van der Waals surface area contributed by atoms with Crippen molar-refractivity contribution in [2.24, 2.45) is 0 Å². The van der Waals surface area contributed by atoms with Gasteiger partial charge in [0.25, 0.3) is 0 Å². The Balaban J connectivity index is 1.78. The van der Waals surface area contributed by atoms with Crippen LogP contribution in [0.3, 0.4) is 0 Å². The predicted octanol–water partition coefficient (Wildman–Crippen LogP) is 4.03. The van der Waals surface area contributed by atoms with Gasteiger partial charge in [-0.2, -0.15) is 0 Å². The Hall–Kier alpha value is -3.61. The van der Waals surface area contributed by atoms with Crippen LogP contribution >= 0.6 is 0 Å². The molecule has 0 saturated carbocycles. The normalized spacial score (nSPS) is 11.2. The maximum Gasteiger partial charge on any atom is 0.336 e. The number of anilines is 1. The molecule has 4 aromatic rings. The summed E-state index contributed by atoms with van der Waals surface area (Å²) in [6.07, 6.45) is 1.03. The van der Waals surface area contributed by atoms with Crippen LogP contribution < -0.4 is 11.4 Å². The van der Waals surface area contributed by atoms with E-state index in [2.05, 4.69) is 4.98 Å². The fourth-order valence-corrected chi connectivity index (χ4v) is 3.00. The van der Waals surface area contributed by atoms with E-state index in [0.29, 0.717) is 52.1 Å². The lowest BCUT2D eigenvalue weighted by atomic mass is 10.1. The summed E-state index contributed by atoms with van der Waals surface area (Å²) in [6, 6.07) is 11.9. The number of benzene rings is 2. The number of nitrogens with zero attached hydrogens (tertiary/aromatic N) is 1. The van der Waals surface area contributed by atoms with Crippen molar-refractivity contribution < 1.29 is 18.4 Å². The van der Waals surface area contributed by atoms with Crippen LogP contribution in [0, 0.1) is 0 Å². The van der Waals surface area contributed by atoms with Gasteiger partial charge in [-0.3, -0.25) is 4.79 Å². The van der Waals surface area contributed by atoms with Gasteiger partial charge >= 0.3 is 11.6 Å². The number of esters is 1. The molecule has 4 rings (SSSR count). The SMILES string of the molecule is CCCC(=O)OCc1cc(=O)oc2cc3oc(-c4cccc(N)c4)nc3cc12. The summed E-state index contributed by atoms with van der Waals surface area (Å²) in [5, 5.41) is 0.642. The lowest BCUT2D eigenvalue weighted by Gasteiger charge is -2.06. The molecule has 0 atom stereocenters. The van der Waals surface area contributed by atoms with Crippen LogP contribution in [-0.4, -0.2) is 11.0 Å². The Morgan fingerprint density at radius 3 is 2.79 bits per heavy atom. The van der Waals surface area contributed by atoms with Crippen molar-refractivity contribution in [3.8, 4) is 11.5 Å². The van der Waals surface area contributed by atoms with Crippen molar-refractivity contribution in [2.45, 2.75) is 26.4 Å². The molecule has 0 aliphatic rings. The molecule has 28 heavy (non-hydrogen) atoms. The van der Waals surface area contributed by atoms with Gasteiger partial charge in [-0.25, -0.2) is 9.78 Å². The molecule has 7 nitrogen and oxygen atoms in total. The van der Waals surface area contributed by atoms with E-state index in [-0.39, 0.29) is 12.6 Å². The number of fused-ring (bicyclic) bond motifs is 2. The molecule has 0 bridgehead atoms. The minimum Gasteiger partial charge on any atom is -0.461 e. The zero-order valence-corrected chi connectivity index (χ0v) is 15.2. The third-order valence-corrected chi connectivity index (χ3v) is 4.31. The topological polar surface area (TPSA) is 109 Å². The van der Waals surface area contributed by atoms with E-state index in [0.717, 1.165) is 5.56 Å². The van der Waals surface area contributed by atoms with Gasteiger partial charge < -0.3 is 19.3 Å². The lowest BCUT2D eigenvalue weighted by Crippen LogP contribution is -2.07. The highest BCUT2D eigenvalue weighted by Crippen LogP contribution is 2.29. The summed E-state index contributed by atoms with van der Waals surface area (Å²) in [6.45, 7) is 1.89. The Labute approximate surface area is 159 Å². The smallest absolute Gasteiger partial charge is 0.336 e. The maximum absolute atomic E-state index is 11.9. The van der Waals surface area contributed by atoms with Crippen LogP contribution in [-0.2, 0) is 16.1 Å². The Morgan fingerprint density at radius 2 is 2.00 bits per heavy atom. The van der Waals surface area contributed by atoms with Crippen molar-refractivity contribution in [3.63, 3.8) is 0 Å². The molecule has 2 N–H and O–H groups in total. The maximum atomic E-state index is 11.9. The van der Waals surface area contributed by atoms with Gasteiger partial charge in [-0.15, -0.1) is 0 Å². The summed E-state index contributed by atoms with van der Waals surface area (Å²) in [4.78, 5) is 28.1. The highest BCUT2D eigenvalue weighted by Gasteiger charge is 2.14. The molecule has 2 aromatic carbocycles. The number of carbonyl (C=O) groups is 1. The average molecular weight is 378 g/mol. The number of hydrogen-bond acceptors (Lipinski definition) is 7. The quantitative estimate of drug-likeness (QED) is 0.317. The molecular formula is C21H18N2O5. The van der Waals surface area contributed by atoms with Gasteiger partial charge in [-0.05, 0) is 30.7 Å².